The van der Waals surface area contributed by atoms with Gasteiger partial charge in [0.25, 0.3) is 0 Å². The van der Waals surface area contributed by atoms with Gasteiger partial charge in [0.1, 0.15) is 13.1 Å². The number of methoxy groups -OCH3 is 4. The molecular formula is C37H56N8O9. The standard InChI is InChI=1S/C37H56N8O9/c1-51-29-10-8-27(18-31(29)53-3)20-44-25-34(47)41(15-5-12-38)22-33(46)42(16-6-13-39)23-36(49)45(21-28-9-11-30(52-2)32(19-28)54-4)26-35(48)43(17-7-14-40)24-37(44)50/h8-11,18-19H,5-7,12-17,20-26,38-40H2,1-4H3. The van der Waals surface area contributed by atoms with Crippen molar-refractivity contribution in [2.75, 3.05) is 100 Å². The number of hydrogen-bond acceptors (Lipinski definition) is 12. The lowest BCUT2D eigenvalue weighted by Crippen LogP contribution is -2.50. The van der Waals surface area contributed by atoms with Gasteiger partial charge in [-0.1, -0.05) is 12.1 Å². The van der Waals surface area contributed by atoms with Crippen LogP contribution in [-0.4, -0.2) is 154 Å². The summed E-state index contributed by atoms with van der Waals surface area (Å²) in [5, 5.41) is 0. The summed E-state index contributed by atoms with van der Waals surface area (Å²) in [6.45, 7) is -0.774. The molecule has 0 saturated carbocycles. The van der Waals surface area contributed by atoms with Gasteiger partial charge in [-0.25, -0.2) is 0 Å². The fraction of sp³-hybridized carbons (Fsp3) is 0.541. The highest BCUT2D eigenvalue weighted by atomic mass is 16.5. The van der Waals surface area contributed by atoms with Gasteiger partial charge in [-0.15, -0.1) is 0 Å². The molecule has 0 aromatic heterocycles. The molecule has 1 aliphatic heterocycles. The molecule has 2 aromatic rings. The van der Waals surface area contributed by atoms with Crippen LogP contribution in [0.15, 0.2) is 36.4 Å². The lowest BCUT2D eigenvalue weighted by molar-refractivity contribution is -0.146. The second-order valence-electron chi connectivity index (χ2n) is 12.8. The Kier molecular flexibility index (Phi) is 17.8. The molecule has 0 unspecified atom stereocenters. The molecule has 17 heteroatoms. The zero-order valence-electron chi connectivity index (χ0n) is 31.9. The van der Waals surface area contributed by atoms with Crippen LogP contribution in [0.2, 0.25) is 0 Å². The van der Waals surface area contributed by atoms with Crippen molar-refractivity contribution in [3.05, 3.63) is 47.5 Å². The molecule has 0 aliphatic carbocycles. The molecule has 298 valence electrons. The van der Waals surface area contributed by atoms with Crippen molar-refractivity contribution >= 4 is 29.5 Å². The molecule has 3 rings (SSSR count). The first-order valence-electron chi connectivity index (χ1n) is 17.9. The Morgan fingerprint density at radius 3 is 1.00 bits per heavy atom. The Morgan fingerprint density at radius 1 is 0.444 bits per heavy atom. The molecule has 54 heavy (non-hydrogen) atoms. The van der Waals surface area contributed by atoms with E-state index in [1.165, 1.54) is 52.9 Å². The highest BCUT2D eigenvalue weighted by Crippen LogP contribution is 2.29. The van der Waals surface area contributed by atoms with Gasteiger partial charge in [0.05, 0.1) is 48.1 Å². The summed E-state index contributed by atoms with van der Waals surface area (Å²) in [7, 11) is 5.99. The number of carbonyl (C=O) groups is 5. The maximum atomic E-state index is 14.2. The van der Waals surface area contributed by atoms with Crippen LogP contribution in [0.1, 0.15) is 30.4 Å². The van der Waals surface area contributed by atoms with Crippen molar-refractivity contribution in [1.82, 2.24) is 24.5 Å². The minimum absolute atomic E-state index is 0.0188. The average molecular weight is 757 g/mol. The lowest BCUT2D eigenvalue weighted by atomic mass is 10.1. The topological polar surface area (TPSA) is 217 Å². The van der Waals surface area contributed by atoms with E-state index in [0.29, 0.717) is 53.4 Å². The van der Waals surface area contributed by atoms with E-state index in [2.05, 4.69) is 0 Å². The summed E-state index contributed by atoms with van der Waals surface area (Å²) in [5.74, 6) is -0.712. The number of hydrogen-bond donors (Lipinski definition) is 3. The molecule has 0 radical (unpaired) electrons. The first-order valence-corrected chi connectivity index (χ1v) is 17.9. The van der Waals surface area contributed by atoms with Crippen LogP contribution < -0.4 is 36.1 Å². The predicted octanol–water partition coefficient (Wildman–Crippen LogP) is -0.376. The molecular weight excluding hydrogens is 700 g/mol. The zero-order valence-corrected chi connectivity index (χ0v) is 31.9. The summed E-state index contributed by atoms with van der Waals surface area (Å²) in [5.41, 5.74) is 18.7. The van der Waals surface area contributed by atoms with Gasteiger partial charge in [-0.2, -0.15) is 0 Å². The highest BCUT2D eigenvalue weighted by molar-refractivity contribution is 5.93. The zero-order chi connectivity index (χ0) is 39.6. The van der Waals surface area contributed by atoms with Crippen LogP contribution in [0.25, 0.3) is 0 Å². The van der Waals surface area contributed by atoms with E-state index >= 15 is 0 Å². The number of carbonyl (C=O) groups excluding carboxylic acids is 5. The first kappa shape index (κ1) is 43.3. The third kappa shape index (κ3) is 12.5. The van der Waals surface area contributed by atoms with Gasteiger partial charge >= 0.3 is 0 Å². The minimum Gasteiger partial charge on any atom is -0.493 e. The largest absolute Gasteiger partial charge is 0.493 e. The fourth-order valence-electron chi connectivity index (χ4n) is 5.90. The SMILES string of the molecule is COc1ccc(CN2CC(=O)N(CCCN)CC(=O)N(CCCN)CC(=O)N(Cc3ccc(OC)c(OC)c3)CC(=O)N(CCCN)CC2=O)cc1OC. The van der Waals surface area contributed by atoms with Crippen LogP contribution in [-0.2, 0) is 37.1 Å². The summed E-state index contributed by atoms with van der Waals surface area (Å²) in [6.07, 6.45) is 1.17. The number of nitrogens with zero attached hydrogens (tertiary/aromatic N) is 5. The van der Waals surface area contributed by atoms with E-state index in [9.17, 15) is 24.0 Å². The summed E-state index contributed by atoms with van der Waals surface area (Å²) in [4.78, 5) is 77.0. The molecule has 6 N–H and O–H groups in total. The minimum atomic E-state index is -0.522. The molecule has 1 fully saturated rings. The van der Waals surface area contributed by atoms with E-state index in [1.807, 2.05) is 0 Å². The van der Waals surface area contributed by atoms with Crippen molar-refractivity contribution in [1.29, 1.82) is 0 Å². The van der Waals surface area contributed by atoms with Crippen LogP contribution in [0, 0.1) is 0 Å². The molecule has 1 saturated heterocycles. The summed E-state index contributed by atoms with van der Waals surface area (Å²) >= 11 is 0. The number of ether oxygens (including phenoxy) is 4. The first-order chi connectivity index (χ1) is 26.0. The van der Waals surface area contributed by atoms with E-state index in [0.717, 1.165) is 0 Å². The third-order valence-electron chi connectivity index (χ3n) is 8.93. The predicted molar refractivity (Wildman–Crippen MR) is 201 cm³/mol. The Bertz CT molecular complexity index is 1510. The molecule has 1 heterocycles. The second-order valence-corrected chi connectivity index (χ2v) is 12.8. The van der Waals surface area contributed by atoms with Crippen LogP contribution >= 0.6 is 0 Å². The Labute approximate surface area is 317 Å². The van der Waals surface area contributed by atoms with Gasteiger partial charge in [0.2, 0.25) is 29.5 Å². The van der Waals surface area contributed by atoms with Crippen LogP contribution in [0.3, 0.4) is 0 Å². The second kappa shape index (κ2) is 22.2. The highest BCUT2D eigenvalue weighted by Gasteiger charge is 2.31. The van der Waals surface area contributed by atoms with Crippen molar-refractivity contribution in [3.63, 3.8) is 0 Å². The molecule has 0 spiro atoms. The van der Waals surface area contributed by atoms with E-state index in [-0.39, 0.29) is 72.0 Å². The van der Waals surface area contributed by atoms with Crippen molar-refractivity contribution < 1.29 is 42.9 Å². The van der Waals surface area contributed by atoms with E-state index in [4.69, 9.17) is 36.1 Å². The van der Waals surface area contributed by atoms with Crippen LogP contribution in [0.4, 0.5) is 0 Å². The Morgan fingerprint density at radius 2 is 0.722 bits per heavy atom. The normalized spacial score (nSPS) is 15.4. The smallest absolute Gasteiger partial charge is 0.242 e. The van der Waals surface area contributed by atoms with E-state index < -0.39 is 42.6 Å². The van der Waals surface area contributed by atoms with Gasteiger partial charge in [-0.3, -0.25) is 24.0 Å². The molecule has 0 atom stereocenters. The number of amides is 5. The Balaban J connectivity index is 2.12. The average Bonchev–Trinajstić information content (AvgIpc) is 3.18. The molecule has 17 nitrogen and oxygen atoms in total. The quantitative estimate of drug-likeness (QED) is 0.188. The molecule has 5 amide bonds. The number of rotatable bonds is 17. The maximum absolute atomic E-state index is 14.2. The van der Waals surface area contributed by atoms with Gasteiger partial charge in [0, 0.05) is 32.7 Å². The molecule has 0 bridgehead atoms. The number of nitrogens with two attached hydrogens (primary N) is 3. The summed E-state index contributed by atoms with van der Waals surface area (Å²) < 4.78 is 21.6. The number of benzene rings is 2. The van der Waals surface area contributed by atoms with Crippen molar-refractivity contribution in [3.8, 4) is 23.0 Å². The van der Waals surface area contributed by atoms with Crippen LogP contribution in [0.5, 0.6) is 23.0 Å². The third-order valence-corrected chi connectivity index (χ3v) is 8.93. The molecule has 1 aliphatic rings. The monoisotopic (exact) mass is 756 g/mol. The fourth-order valence-corrected chi connectivity index (χ4v) is 5.90. The van der Waals surface area contributed by atoms with Crippen molar-refractivity contribution in [2.45, 2.75) is 32.4 Å². The van der Waals surface area contributed by atoms with Gasteiger partial charge < -0.3 is 60.6 Å². The Hall–Kier alpha value is -5.13. The van der Waals surface area contributed by atoms with Gasteiger partial charge in [0.15, 0.2) is 23.0 Å². The van der Waals surface area contributed by atoms with Gasteiger partial charge in [-0.05, 0) is 74.3 Å². The molecule has 2 aromatic carbocycles. The summed E-state index contributed by atoms with van der Waals surface area (Å²) in [6, 6.07) is 10.3. The van der Waals surface area contributed by atoms with Crippen molar-refractivity contribution in [2.24, 2.45) is 17.2 Å². The van der Waals surface area contributed by atoms with E-state index in [1.54, 1.807) is 36.4 Å². The maximum Gasteiger partial charge on any atom is 0.242 e. The lowest BCUT2D eigenvalue weighted by Gasteiger charge is -2.30.